The van der Waals surface area contributed by atoms with Crippen molar-refractivity contribution in [2.24, 2.45) is 5.11 Å². The summed E-state index contributed by atoms with van der Waals surface area (Å²) >= 11 is 0. The van der Waals surface area contributed by atoms with Crippen molar-refractivity contribution in [2.75, 3.05) is 0 Å². The zero-order valence-corrected chi connectivity index (χ0v) is 9.09. The Hall–Kier alpha value is -2.12. The number of hydrogen-bond donors (Lipinski definition) is 0. The summed E-state index contributed by atoms with van der Waals surface area (Å²) in [5.41, 5.74) is 8.66. The highest BCUT2D eigenvalue weighted by atomic mass is 19.1. The van der Waals surface area contributed by atoms with E-state index in [1.807, 2.05) is 6.07 Å². The Morgan fingerprint density at radius 3 is 2.71 bits per heavy atom. The average Bonchev–Trinajstić information content (AvgIpc) is 2.34. The molecule has 0 aromatic heterocycles. The maximum Gasteiger partial charge on any atom is 0.136 e. The van der Waals surface area contributed by atoms with Crippen LogP contribution in [0.5, 0.6) is 0 Å². The van der Waals surface area contributed by atoms with Gasteiger partial charge in [-0.1, -0.05) is 17.2 Å². The fraction of sp³-hybridized carbons (Fsp3) is 0.364. The first-order valence-corrected chi connectivity index (χ1v) is 4.92. The van der Waals surface area contributed by atoms with Crippen molar-refractivity contribution in [3.8, 4) is 6.07 Å². The number of hydrogen-bond acceptors (Lipinski definition) is 2. The highest BCUT2D eigenvalue weighted by Gasteiger charge is 2.27. The summed E-state index contributed by atoms with van der Waals surface area (Å²) in [6.45, 7) is 1.13. The van der Waals surface area contributed by atoms with Gasteiger partial charge in [0.2, 0.25) is 0 Å². The molecular weight excluding hydrogens is 226 g/mol. The SMILES string of the molecule is C[C@@H](F)[C@H](N=[N+]=[N-])[C@@H](F)c1cccc(C#N)c1. The smallest absolute Gasteiger partial charge is 0.136 e. The van der Waals surface area contributed by atoms with E-state index in [-0.39, 0.29) is 11.1 Å². The Balaban J connectivity index is 3.05. The molecular formula is C11H10F2N4. The van der Waals surface area contributed by atoms with Crippen LogP contribution in [0.1, 0.15) is 24.2 Å². The molecule has 1 aromatic rings. The summed E-state index contributed by atoms with van der Waals surface area (Å²) in [6.07, 6.45) is -3.37. The Morgan fingerprint density at radius 2 is 2.18 bits per heavy atom. The number of nitrogens with zero attached hydrogens (tertiary/aromatic N) is 4. The number of alkyl halides is 2. The number of benzene rings is 1. The highest BCUT2D eigenvalue weighted by molar-refractivity contribution is 5.34. The normalized spacial score (nSPS) is 15.2. The number of rotatable bonds is 4. The molecule has 0 aliphatic carbocycles. The molecule has 0 unspecified atom stereocenters. The molecule has 0 radical (unpaired) electrons. The molecule has 0 saturated heterocycles. The van der Waals surface area contributed by atoms with E-state index in [1.54, 1.807) is 0 Å². The van der Waals surface area contributed by atoms with Crippen LogP contribution in [-0.2, 0) is 0 Å². The Bertz CT molecular complexity index is 475. The lowest BCUT2D eigenvalue weighted by Gasteiger charge is -2.17. The van der Waals surface area contributed by atoms with Gasteiger partial charge in [0.25, 0.3) is 0 Å². The first kappa shape index (κ1) is 12.9. The predicted octanol–water partition coefficient (Wildman–Crippen LogP) is 3.61. The van der Waals surface area contributed by atoms with E-state index < -0.39 is 18.4 Å². The van der Waals surface area contributed by atoms with Crippen LogP contribution < -0.4 is 0 Å². The molecule has 0 aliphatic rings. The van der Waals surface area contributed by atoms with Gasteiger partial charge in [0, 0.05) is 4.91 Å². The molecule has 0 heterocycles. The maximum atomic E-state index is 13.9. The summed E-state index contributed by atoms with van der Waals surface area (Å²) in [5, 5.41) is 11.8. The zero-order chi connectivity index (χ0) is 12.8. The lowest BCUT2D eigenvalue weighted by molar-refractivity contribution is 0.196. The van der Waals surface area contributed by atoms with E-state index in [0.29, 0.717) is 0 Å². The molecule has 17 heavy (non-hydrogen) atoms. The summed E-state index contributed by atoms with van der Waals surface area (Å²) in [6, 6.07) is 6.18. The van der Waals surface area contributed by atoms with Crippen molar-refractivity contribution in [3.63, 3.8) is 0 Å². The minimum absolute atomic E-state index is 0.131. The van der Waals surface area contributed by atoms with Gasteiger partial charge in [-0.3, -0.25) is 0 Å². The van der Waals surface area contributed by atoms with Crippen LogP contribution in [0.25, 0.3) is 10.4 Å². The van der Waals surface area contributed by atoms with Crippen LogP contribution in [0.4, 0.5) is 8.78 Å². The molecule has 4 nitrogen and oxygen atoms in total. The molecule has 0 spiro atoms. The first-order chi connectivity index (χ1) is 8.10. The van der Waals surface area contributed by atoms with Crippen LogP contribution in [-0.4, -0.2) is 12.2 Å². The molecule has 88 valence electrons. The van der Waals surface area contributed by atoms with Gasteiger partial charge in [0.15, 0.2) is 0 Å². The topological polar surface area (TPSA) is 72.6 Å². The molecule has 0 N–H and O–H groups in total. The molecule has 1 aromatic carbocycles. The minimum atomic E-state index is -1.76. The first-order valence-electron chi connectivity index (χ1n) is 4.92. The Kier molecular flexibility index (Phi) is 4.44. The van der Waals surface area contributed by atoms with Crippen molar-refractivity contribution in [3.05, 3.63) is 45.8 Å². The monoisotopic (exact) mass is 236 g/mol. The highest BCUT2D eigenvalue weighted by Crippen LogP contribution is 2.27. The van der Waals surface area contributed by atoms with Crippen LogP contribution in [0, 0.1) is 11.3 Å². The van der Waals surface area contributed by atoms with Gasteiger partial charge < -0.3 is 0 Å². The zero-order valence-electron chi connectivity index (χ0n) is 9.09. The van der Waals surface area contributed by atoms with Gasteiger partial charge in [-0.2, -0.15) is 5.26 Å². The van der Waals surface area contributed by atoms with Gasteiger partial charge >= 0.3 is 0 Å². The van der Waals surface area contributed by atoms with E-state index in [9.17, 15) is 8.78 Å². The van der Waals surface area contributed by atoms with E-state index >= 15 is 0 Å². The van der Waals surface area contributed by atoms with Gasteiger partial charge in [0.05, 0.1) is 11.6 Å². The van der Waals surface area contributed by atoms with Crippen molar-refractivity contribution in [1.29, 1.82) is 5.26 Å². The molecule has 0 amide bonds. The van der Waals surface area contributed by atoms with Gasteiger partial charge in [0.1, 0.15) is 18.4 Å². The molecule has 3 atom stereocenters. The second kappa shape index (κ2) is 5.83. The quantitative estimate of drug-likeness (QED) is 0.447. The third-order valence-electron chi connectivity index (χ3n) is 2.29. The van der Waals surface area contributed by atoms with Crippen molar-refractivity contribution in [2.45, 2.75) is 25.3 Å². The Morgan fingerprint density at radius 1 is 1.47 bits per heavy atom. The molecule has 6 heteroatoms. The van der Waals surface area contributed by atoms with Gasteiger partial charge in [-0.25, -0.2) is 8.78 Å². The number of halogens is 2. The third-order valence-corrected chi connectivity index (χ3v) is 2.29. The van der Waals surface area contributed by atoms with Gasteiger partial charge in [-0.05, 0) is 30.2 Å². The fourth-order valence-electron chi connectivity index (χ4n) is 1.42. The van der Waals surface area contributed by atoms with E-state index in [1.165, 1.54) is 24.3 Å². The molecule has 1 rings (SSSR count). The van der Waals surface area contributed by atoms with Crippen LogP contribution >= 0.6 is 0 Å². The van der Waals surface area contributed by atoms with Crippen molar-refractivity contribution >= 4 is 0 Å². The van der Waals surface area contributed by atoms with Crippen molar-refractivity contribution in [1.82, 2.24) is 0 Å². The number of azide groups is 1. The summed E-state index contributed by atoms with van der Waals surface area (Å²) in [4.78, 5) is 2.43. The van der Waals surface area contributed by atoms with Crippen LogP contribution in [0.2, 0.25) is 0 Å². The predicted molar refractivity (Wildman–Crippen MR) is 58.5 cm³/mol. The third kappa shape index (κ3) is 3.16. The number of nitriles is 1. The second-order valence-electron chi connectivity index (χ2n) is 3.51. The fourth-order valence-corrected chi connectivity index (χ4v) is 1.42. The Labute approximate surface area is 97.1 Å². The standard InChI is InChI=1S/C11H10F2N4/c1-7(12)11(16-17-15)10(13)9-4-2-3-8(5-9)6-14/h2-5,7,10-11H,1H3/t7-,10+,11+/m1/s1. The van der Waals surface area contributed by atoms with E-state index in [0.717, 1.165) is 6.92 Å². The minimum Gasteiger partial charge on any atom is -0.247 e. The molecule has 0 aliphatic heterocycles. The lowest BCUT2D eigenvalue weighted by Crippen LogP contribution is -2.22. The van der Waals surface area contributed by atoms with E-state index in [4.69, 9.17) is 10.8 Å². The molecule has 0 fully saturated rings. The van der Waals surface area contributed by atoms with E-state index in [2.05, 4.69) is 10.0 Å². The molecule has 0 saturated carbocycles. The summed E-state index contributed by atoms with van der Waals surface area (Å²) in [7, 11) is 0. The second-order valence-corrected chi connectivity index (χ2v) is 3.51. The lowest BCUT2D eigenvalue weighted by atomic mass is 10.00. The average molecular weight is 236 g/mol. The summed E-state index contributed by atoms with van der Waals surface area (Å²) in [5.74, 6) is 0. The van der Waals surface area contributed by atoms with Crippen LogP contribution in [0.3, 0.4) is 0 Å². The van der Waals surface area contributed by atoms with Crippen LogP contribution in [0.15, 0.2) is 29.4 Å². The van der Waals surface area contributed by atoms with Gasteiger partial charge in [-0.15, -0.1) is 0 Å². The molecule has 0 bridgehead atoms. The van der Waals surface area contributed by atoms with Crippen molar-refractivity contribution < 1.29 is 8.78 Å². The maximum absolute atomic E-state index is 13.9. The summed E-state index contributed by atoms with van der Waals surface area (Å²) < 4.78 is 27.0. The largest absolute Gasteiger partial charge is 0.247 e.